The third-order valence-electron chi connectivity index (χ3n) is 2.75. The molecule has 4 nitrogen and oxygen atoms in total. The molecule has 94 valence electrons. The molecule has 2 aromatic rings. The van der Waals surface area contributed by atoms with E-state index in [0.29, 0.717) is 5.82 Å². The lowest BCUT2D eigenvalue weighted by Crippen LogP contribution is -2.01. The first-order valence-electron chi connectivity index (χ1n) is 5.97. The molecular weight excluding hydrogens is 226 g/mol. The maximum atomic E-state index is 5.35. The highest BCUT2D eigenvalue weighted by atomic mass is 16.5. The Balaban J connectivity index is 2.55. The predicted octanol–water partition coefficient (Wildman–Crippen LogP) is 2.76. The molecule has 4 heteroatoms. The van der Waals surface area contributed by atoms with E-state index in [1.807, 2.05) is 37.4 Å². The Bertz CT molecular complexity index is 518. The molecule has 0 spiro atoms. The molecule has 1 N–H and O–H groups in total. The number of aromatic nitrogens is 2. The zero-order valence-corrected chi connectivity index (χ0v) is 10.9. The van der Waals surface area contributed by atoms with E-state index in [2.05, 4.69) is 22.2 Å². The van der Waals surface area contributed by atoms with Crippen molar-refractivity contribution in [3.05, 3.63) is 36.0 Å². The summed E-state index contributed by atoms with van der Waals surface area (Å²) in [6.07, 6.45) is 0.874. The Hall–Kier alpha value is -2.10. The van der Waals surface area contributed by atoms with Crippen LogP contribution in [0.4, 0.5) is 5.82 Å². The van der Waals surface area contributed by atoms with Crippen molar-refractivity contribution >= 4 is 5.82 Å². The zero-order chi connectivity index (χ0) is 13.0. The fraction of sp³-hybridized carbons (Fsp3) is 0.286. The first kappa shape index (κ1) is 12.4. The molecule has 0 aliphatic carbocycles. The van der Waals surface area contributed by atoms with Gasteiger partial charge < -0.3 is 10.1 Å². The van der Waals surface area contributed by atoms with Crippen LogP contribution in [0.15, 0.2) is 30.3 Å². The standard InChI is InChI=1S/C14H17N3O/c1-4-10-9-13(15-2)17-14(16-10)11-7-5-6-8-12(11)18-3/h5-9H,4H2,1-3H3,(H,15,16,17). The third-order valence-corrected chi connectivity index (χ3v) is 2.75. The van der Waals surface area contributed by atoms with Crippen molar-refractivity contribution < 1.29 is 4.74 Å². The predicted molar refractivity (Wildman–Crippen MR) is 72.9 cm³/mol. The van der Waals surface area contributed by atoms with Crippen LogP contribution < -0.4 is 10.1 Å². The number of para-hydroxylation sites is 1. The number of hydrogen-bond acceptors (Lipinski definition) is 4. The first-order chi connectivity index (χ1) is 8.78. The van der Waals surface area contributed by atoms with Crippen molar-refractivity contribution in [2.75, 3.05) is 19.5 Å². The number of hydrogen-bond donors (Lipinski definition) is 1. The minimum Gasteiger partial charge on any atom is -0.496 e. The summed E-state index contributed by atoms with van der Waals surface area (Å²) >= 11 is 0. The van der Waals surface area contributed by atoms with Gasteiger partial charge in [0.1, 0.15) is 11.6 Å². The quantitative estimate of drug-likeness (QED) is 0.897. The molecule has 0 fully saturated rings. The van der Waals surface area contributed by atoms with Crippen LogP contribution in [-0.4, -0.2) is 24.1 Å². The summed E-state index contributed by atoms with van der Waals surface area (Å²) in [7, 11) is 3.51. The highest BCUT2D eigenvalue weighted by Crippen LogP contribution is 2.27. The highest BCUT2D eigenvalue weighted by molar-refractivity contribution is 5.65. The lowest BCUT2D eigenvalue weighted by molar-refractivity contribution is 0.416. The molecule has 0 aliphatic heterocycles. The average Bonchev–Trinajstić information content (AvgIpc) is 2.46. The number of methoxy groups -OCH3 is 1. The Kier molecular flexibility index (Phi) is 3.77. The van der Waals surface area contributed by atoms with Crippen molar-refractivity contribution in [3.8, 4) is 17.1 Å². The number of nitrogens with one attached hydrogen (secondary N) is 1. The molecule has 0 aliphatic rings. The van der Waals surface area contributed by atoms with Gasteiger partial charge in [0.05, 0.1) is 12.7 Å². The van der Waals surface area contributed by atoms with Crippen LogP contribution >= 0.6 is 0 Å². The molecule has 1 aromatic heterocycles. The summed E-state index contributed by atoms with van der Waals surface area (Å²) in [4.78, 5) is 9.02. The van der Waals surface area contributed by atoms with Crippen LogP contribution in [0.3, 0.4) is 0 Å². The molecule has 18 heavy (non-hydrogen) atoms. The lowest BCUT2D eigenvalue weighted by Gasteiger charge is -2.09. The minimum absolute atomic E-state index is 0.691. The first-order valence-corrected chi connectivity index (χ1v) is 5.97. The van der Waals surface area contributed by atoms with E-state index in [4.69, 9.17) is 4.74 Å². The second kappa shape index (κ2) is 5.49. The fourth-order valence-corrected chi connectivity index (χ4v) is 1.76. The monoisotopic (exact) mass is 243 g/mol. The van der Waals surface area contributed by atoms with Gasteiger partial charge in [-0.25, -0.2) is 9.97 Å². The van der Waals surface area contributed by atoms with Crippen molar-refractivity contribution in [2.24, 2.45) is 0 Å². The maximum Gasteiger partial charge on any atom is 0.165 e. The van der Waals surface area contributed by atoms with Gasteiger partial charge in [-0.2, -0.15) is 0 Å². The second-order valence-electron chi connectivity index (χ2n) is 3.87. The molecule has 0 atom stereocenters. The van der Waals surface area contributed by atoms with E-state index in [1.54, 1.807) is 7.11 Å². The average molecular weight is 243 g/mol. The highest BCUT2D eigenvalue weighted by Gasteiger charge is 2.10. The molecule has 1 heterocycles. The van der Waals surface area contributed by atoms with Gasteiger partial charge in [-0.05, 0) is 18.6 Å². The number of rotatable bonds is 4. The topological polar surface area (TPSA) is 47.0 Å². The molecule has 0 unspecified atom stereocenters. The Morgan fingerprint density at radius 3 is 2.67 bits per heavy atom. The summed E-state index contributed by atoms with van der Waals surface area (Å²) in [5.41, 5.74) is 1.92. The van der Waals surface area contributed by atoms with E-state index in [-0.39, 0.29) is 0 Å². The largest absolute Gasteiger partial charge is 0.496 e. The summed E-state index contributed by atoms with van der Waals surface area (Å²) in [5.74, 6) is 2.30. The van der Waals surface area contributed by atoms with E-state index in [9.17, 15) is 0 Å². The summed E-state index contributed by atoms with van der Waals surface area (Å²) in [6, 6.07) is 9.73. The Labute approximate surface area is 107 Å². The number of ether oxygens (including phenoxy) is 1. The molecule has 0 amide bonds. The third kappa shape index (κ3) is 2.42. The van der Waals surface area contributed by atoms with Crippen LogP contribution in [0, 0.1) is 0 Å². The SMILES string of the molecule is CCc1cc(NC)nc(-c2ccccc2OC)n1. The minimum atomic E-state index is 0.691. The van der Waals surface area contributed by atoms with Gasteiger partial charge in [0.25, 0.3) is 0 Å². The van der Waals surface area contributed by atoms with Gasteiger partial charge in [0.15, 0.2) is 5.82 Å². The fourth-order valence-electron chi connectivity index (χ4n) is 1.76. The smallest absolute Gasteiger partial charge is 0.165 e. The number of nitrogens with zero attached hydrogens (tertiary/aromatic N) is 2. The van der Waals surface area contributed by atoms with E-state index < -0.39 is 0 Å². The van der Waals surface area contributed by atoms with E-state index in [0.717, 1.165) is 29.2 Å². The van der Waals surface area contributed by atoms with Gasteiger partial charge in [0, 0.05) is 18.8 Å². The molecule has 0 saturated heterocycles. The summed E-state index contributed by atoms with van der Waals surface area (Å²) < 4.78 is 5.35. The van der Waals surface area contributed by atoms with Gasteiger partial charge >= 0.3 is 0 Å². The normalized spacial score (nSPS) is 10.2. The van der Waals surface area contributed by atoms with Gasteiger partial charge in [0.2, 0.25) is 0 Å². The van der Waals surface area contributed by atoms with Gasteiger partial charge in [-0.3, -0.25) is 0 Å². The Morgan fingerprint density at radius 2 is 2.00 bits per heavy atom. The van der Waals surface area contributed by atoms with Crippen molar-refractivity contribution in [1.29, 1.82) is 0 Å². The molecule has 0 radical (unpaired) electrons. The van der Waals surface area contributed by atoms with Crippen molar-refractivity contribution in [2.45, 2.75) is 13.3 Å². The summed E-state index contributed by atoms with van der Waals surface area (Å²) in [6.45, 7) is 2.08. The van der Waals surface area contributed by atoms with Gasteiger partial charge in [-0.1, -0.05) is 19.1 Å². The second-order valence-corrected chi connectivity index (χ2v) is 3.87. The zero-order valence-electron chi connectivity index (χ0n) is 10.9. The van der Waals surface area contributed by atoms with Crippen LogP contribution in [-0.2, 0) is 6.42 Å². The van der Waals surface area contributed by atoms with E-state index in [1.165, 1.54) is 0 Å². The lowest BCUT2D eigenvalue weighted by atomic mass is 10.2. The van der Waals surface area contributed by atoms with Crippen molar-refractivity contribution in [1.82, 2.24) is 9.97 Å². The maximum absolute atomic E-state index is 5.35. The van der Waals surface area contributed by atoms with E-state index >= 15 is 0 Å². The van der Waals surface area contributed by atoms with Crippen LogP contribution in [0.2, 0.25) is 0 Å². The molecular formula is C14H17N3O. The summed E-state index contributed by atoms with van der Waals surface area (Å²) in [5, 5.41) is 3.06. The Morgan fingerprint density at radius 1 is 1.22 bits per heavy atom. The number of aryl methyl sites for hydroxylation is 1. The molecule has 1 aromatic carbocycles. The van der Waals surface area contributed by atoms with Crippen molar-refractivity contribution in [3.63, 3.8) is 0 Å². The molecule has 2 rings (SSSR count). The van der Waals surface area contributed by atoms with Crippen LogP contribution in [0.25, 0.3) is 11.4 Å². The number of benzene rings is 1. The number of anilines is 1. The van der Waals surface area contributed by atoms with Crippen LogP contribution in [0.5, 0.6) is 5.75 Å². The molecule has 0 saturated carbocycles. The van der Waals surface area contributed by atoms with Gasteiger partial charge in [-0.15, -0.1) is 0 Å². The molecule has 0 bridgehead atoms. The van der Waals surface area contributed by atoms with Crippen LogP contribution in [0.1, 0.15) is 12.6 Å².